The maximum absolute atomic E-state index is 6.08. The second-order valence-electron chi connectivity index (χ2n) is 7.78. The Bertz CT molecular complexity index is 943. The monoisotopic (exact) mass is 402 g/mol. The molecule has 0 N–H and O–H groups in total. The maximum Gasteiger partial charge on any atom is 0.122 e. The molecule has 4 heteroatoms. The molecule has 4 rings (SSSR count). The van der Waals surface area contributed by atoms with Crippen molar-refractivity contribution in [1.29, 1.82) is 0 Å². The molecule has 0 amide bonds. The molecule has 1 aliphatic rings. The van der Waals surface area contributed by atoms with Gasteiger partial charge in [0.2, 0.25) is 0 Å². The first-order valence-corrected chi connectivity index (χ1v) is 10.8. The first-order valence-electron chi connectivity index (χ1n) is 10.8. The number of fused-ring (bicyclic) bond motifs is 3. The molecule has 3 aromatic rings. The van der Waals surface area contributed by atoms with Gasteiger partial charge in [-0.2, -0.15) is 0 Å². The highest BCUT2D eigenvalue weighted by Gasteiger charge is 2.12. The third-order valence-electron chi connectivity index (χ3n) is 5.47. The lowest BCUT2D eigenvalue weighted by molar-refractivity contribution is 0.0754. The smallest absolute Gasteiger partial charge is 0.122 e. The summed E-state index contributed by atoms with van der Waals surface area (Å²) in [6.45, 7) is 6.58. The summed E-state index contributed by atoms with van der Waals surface area (Å²) < 4.78 is 12.0. The van der Waals surface area contributed by atoms with Crippen LogP contribution in [-0.2, 0) is 30.7 Å². The Morgan fingerprint density at radius 1 is 0.933 bits per heavy atom. The fourth-order valence-corrected chi connectivity index (χ4v) is 3.89. The lowest BCUT2D eigenvalue weighted by Crippen LogP contribution is -2.28. The average Bonchev–Trinajstić information content (AvgIpc) is 2.77. The van der Waals surface area contributed by atoms with E-state index in [1.54, 1.807) is 0 Å². The summed E-state index contributed by atoms with van der Waals surface area (Å²) in [5, 5.41) is 0. The van der Waals surface area contributed by atoms with Crippen molar-refractivity contribution < 1.29 is 9.47 Å². The normalized spacial score (nSPS) is 15.6. The minimum Gasteiger partial charge on any atom is -0.491 e. The summed E-state index contributed by atoms with van der Waals surface area (Å²) in [6, 6.07) is 21.5. The Morgan fingerprint density at radius 2 is 1.87 bits per heavy atom. The van der Waals surface area contributed by atoms with Crippen LogP contribution in [0.25, 0.3) is 0 Å². The molecule has 2 bridgehead atoms. The summed E-state index contributed by atoms with van der Waals surface area (Å²) in [6.07, 6.45) is 3.76. The molecule has 2 aromatic carbocycles. The molecule has 4 nitrogen and oxygen atoms in total. The number of hydrogen-bond donors (Lipinski definition) is 0. The van der Waals surface area contributed by atoms with Crippen molar-refractivity contribution in [3.63, 3.8) is 0 Å². The quantitative estimate of drug-likeness (QED) is 0.639. The fourth-order valence-electron chi connectivity index (χ4n) is 3.89. The van der Waals surface area contributed by atoms with E-state index in [1.807, 2.05) is 18.3 Å². The van der Waals surface area contributed by atoms with Crippen molar-refractivity contribution in [2.75, 3.05) is 26.4 Å². The zero-order chi connectivity index (χ0) is 20.6. The summed E-state index contributed by atoms with van der Waals surface area (Å²) >= 11 is 0. The standard InChI is InChI=1S/C26H30N2O2/c1-2-21-9-10-26-24(17-21)18-22-6-5-7-23(16-22)19-28(12-13-29-14-15-30-26)20-25-8-3-4-11-27-25/h3-11,16-17H,2,12-15,18-20H2,1H3. The number of ether oxygens (including phenoxy) is 2. The van der Waals surface area contributed by atoms with E-state index >= 15 is 0 Å². The van der Waals surface area contributed by atoms with Crippen LogP contribution in [0.15, 0.2) is 66.9 Å². The highest BCUT2D eigenvalue weighted by molar-refractivity contribution is 5.41. The van der Waals surface area contributed by atoms with Crippen molar-refractivity contribution in [3.8, 4) is 5.75 Å². The number of rotatable bonds is 3. The average molecular weight is 403 g/mol. The van der Waals surface area contributed by atoms with Gasteiger partial charge in [-0.1, -0.05) is 49.4 Å². The highest BCUT2D eigenvalue weighted by Crippen LogP contribution is 2.25. The molecule has 0 unspecified atom stereocenters. The molecule has 156 valence electrons. The summed E-state index contributed by atoms with van der Waals surface area (Å²) in [7, 11) is 0. The van der Waals surface area contributed by atoms with Gasteiger partial charge in [0.25, 0.3) is 0 Å². The Balaban J connectivity index is 1.58. The third kappa shape index (κ3) is 5.68. The van der Waals surface area contributed by atoms with Gasteiger partial charge in [0.05, 0.1) is 18.9 Å². The fraction of sp³-hybridized carbons (Fsp3) is 0.346. The van der Waals surface area contributed by atoms with E-state index in [0.717, 1.165) is 43.9 Å². The second-order valence-corrected chi connectivity index (χ2v) is 7.78. The van der Waals surface area contributed by atoms with Gasteiger partial charge in [-0.15, -0.1) is 0 Å². The van der Waals surface area contributed by atoms with Gasteiger partial charge >= 0.3 is 0 Å². The first kappa shape index (κ1) is 20.6. The van der Waals surface area contributed by atoms with Gasteiger partial charge in [-0.05, 0) is 46.9 Å². The van der Waals surface area contributed by atoms with Crippen LogP contribution in [0.3, 0.4) is 0 Å². The SMILES string of the molecule is CCc1ccc2c(c1)Cc1cccc(c1)CN(Cc1ccccn1)CCOCCO2. The van der Waals surface area contributed by atoms with Gasteiger partial charge < -0.3 is 9.47 Å². The van der Waals surface area contributed by atoms with Crippen LogP contribution in [0, 0.1) is 0 Å². The number of aryl methyl sites for hydroxylation is 1. The minimum atomic E-state index is 0.568. The molecule has 0 radical (unpaired) electrons. The lowest BCUT2D eigenvalue weighted by atomic mass is 9.99. The molecule has 2 heterocycles. The maximum atomic E-state index is 6.08. The van der Waals surface area contributed by atoms with Crippen LogP contribution >= 0.6 is 0 Å². The van der Waals surface area contributed by atoms with Gasteiger partial charge in [0.1, 0.15) is 12.4 Å². The molecule has 0 atom stereocenters. The van der Waals surface area contributed by atoms with Gasteiger partial charge in [0, 0.05) is 32.3 Å². The van der Waals surface area contributed by atoms with E-state index in [9.17, 15) is 0 Å². The third-order valence-corrected chi connectivity index (χ3v) is 5.47. The molecule has 0 spiro atoms. The summed E-state index contributed by atoms with van der Waals surface area (Å²) in [5.41, 5.74) is 6.30. The lowest BCUT2D eigenvalue weighted by Gasteiger charge is -2.23. The van der Waals surface area contributed by atoms with Gasteiger partial charge in [-0.25, -0.2) is 0 Å². The molecule has 0 saturated heterocycles. The van der Waals surface area contributed by atoms with E-state index in [1.165, 1.54) is 22.3 Å². The number of nitrogens with zero attached hydrogens (tertiary/aromatic N) is 2. The summed E-state index contributed by atoms with van der Waals surface area (Å²) in [4.78, 5) is 6.90. The molecule has 30 heavy (non-hydrogen) atoms. The van der Waals surface area contributed by atoms with Crippen LogP contribution < -0.4 is 4.74 Å². The number of hydrogen-bond acceptors (Lipinski definition) is 4. The molecule has 1 aromatic heterocycles. The van der Waals surface area contributed by atoms with Crippen molar-refractivity contribution >= 4 is 0 Å². The Labute approximate surface area is 179 Å². The predicted molar refractivity (Wildman–Crippen MR) is 120 cm³/mol. The van der Waals surface area contributed by atoms with Crippen molar-refractivity contribution in [3.05, 3.63) is 94.8 Å². The van der Waals surface area contributed by atoms with Crippen molar-refractivity contribution in [2.24, 2.45) is 0 Å². The summed E-state index contributed by atoms with van der Waals surface area (Å²) in [5.74, 6) is 0.968. The zero-order valence-corrected chi connectivity index (χ0v) is 17.7. The van der Waals surface area contributed by atoms with Crippen molar-refractivity contribution in [1.82, 2.24) is 9.88 Å². The van der Waals surface area contributed by atoms with E-state index in [0.29, 0.717) is 19.8 Å². The van der Waals surface area contributed by atoms with E-state index in [4.69, 9.17) is 9.47 Å². The van der Waals surface area contributed by atoms with Crippen LogP contribution in [0.2, 0.25) is 0 Å². The molecule has 0 saturated carbocycles. The second kappa shape index (κ2) is 10.4. The molecule has 0 aliphatic carbocycles. The van der Waals surface area contributed by atoms with Crippen LogP contribution in [0.5, 0.6) is 5.75 Å². The Hall–Kier alpha value is -2.69. The topological polar surface area (TPSA) is 34.6 Å². The van der Waals surface area contributed by atoms with Gasteiger partial charge in [-0.3, -0.25) is 9.88 Å². The first-order chi connectivity index (χ1) is 14.8. The molecular weight excluding hydrogens is 372 g/mol. The van der Waals surface area contributed by atoms with Crippen LogP contribution in [-0.4, -0.2) is 36.2 Å². The van der Waals surface area contributed by atoms with E-state index < -0.39 is 0 Å². The number of pyridine rings is 1. The molecule has 0 fully saturated rings. The minimum absolute atomic E-state index is 0.568. The largest absolute Gasteiger partial charge is 0.491 e. The van der Waals surface area contributed by atoms with E-state index in [-0.39, 0.29) is 0 Å². The van der Waals surface area contributed by atoms with E-state index in [2.05, 4.69) is 65.3 Å². The number of benzene rings is 2. The van der Waals surface area contributed by atoms with Crippen LogP contribution in [0.4, 0.5) is 0 Å². The molecule has 1 aliphatic heterocycles. The zero-order valence-electron chi connectivity index (χ0n) is 17.7. The number of aromatic nitrogens is 1. The Morgan fingerprint density at radius 3 is 2.73 bits per heavy atom. The predicted octanol–water partition coefficient (Wildman–Crippen LogP) is 4.65. The molecular formula is C26H30N2O2. The van der Waals surface area contributed by atoms with Crippen molar-refractivity contribution in [2.45, 2.75) is 32.9 Å². The van der Waals surface area contributed by atoms with Gasteiger partial charge in [0.15, 0.2) is 0 Å². The Kier molecular flexibility index (Phi) is 7.11. The van der Waals surface area contributed by atoms with Crippen LogP contribution in [0.1, 0.15) is 34.9 Å². The highest BCUT2D eigenvalue weighted by atomic mass is 16.5.